The number of carbonyl (C=O) groups excluding carboxylic acids is 3. The number of carbonyl (C=O) groups is 3. The molecule has 0 aromatic heterocycles. The normalized spacial score (nSPS) is 18.3. The fourth-order valence-corrected chi connectivity index (χ4v) is 2.89. The van der Waals surface area contributed by atoms with Crippen LogP contribution in [-0.2, 0) is 24.8 Å². The van der Waals surface area contributed by atoms with Gasteiger partial charge in [0.2, 0.25) is 0 Å². The van der Waals surface area contributed by atoms with Gasteiger partial charge in [0.05, 0.1) is 16.7 Å². The maximum Gasteiger partial charge on any atom is 0.342 e. The van der Waals surface area contributed by atoms with Gasteiger partial charge in [-0.25, -0.2) is 4.79 Å². The lowest BCUT2D eigenvalue weighted by Gasteiger charge is -2.29. The second-order valence-electron chi connectivity index (χ2n) is 5.38. The van der Waals surface area contributed by atoms with Gasteiger partial charge in [-0.3, -0.25) is 9.59 Å². The Hall–Kier alpha value is -2.86. The smallest absolute Gasteiger partial charge is 0.342 e. The molecule has 3 rings (SSSR count). The monoisotopic (exact) mass is 360 g/mol. The lowest BCUT2D eigenvalue weighted by Crippen LogP contribution is -2.34. The molecule has 0 aliphatic carbocycles. The number of esters is 3. The minimum absolute atomic E-state index is 0.0331. The van der Waals surface area contributed by atoms with Gasteiger partial charge in [0, 0.05) is 24.9 Å². The predicted molar refractivity (Wildman–Crippen MR) is 87.2 cm³/mol. The Morgan fingerprint density at radius 2 is 1.76 bits per heavy atom. The molecular formula is C18H13ClO6. The van der Waals surface area contributed by atoms with Crippen LogP contribution in [0, 0.1) is 0 Å². The molecule has 0 spiro atoms. The van der Waals surface area contributed by atoms with E-state index in [0.717, 1.165) is 0 Å². The van der Waals surface area contributed by atoms with Crippen LogP contribution in [0.3, 0.4) is 0 Å². The third-order valence-electron chi connectivity index (χ3n) is 3.58. The SMILES string of the molecule is CC(=O)Oc1cc(Cl)ccc1C1(OC(C)=O)OC(=O)c2ccccc21. The first kappa shape index (κ1) is 17.0. The third-order valence-corrected chi connectivity index (χ3v) is 3.81. The highest BCUT2D eigenvalue weighted by molar-refractivity contribution is 6.30. The minimum atomic E-state index is -1.85. The molecule has 2 aromatic rings. The van der Waals surface area contributed by atoms with Crippen molar-refractivity contribution in [2.24, 2.45) is 0 Å². The fraction of sp³-hybridized carbons (Fsp3) is 0.167. The van der Waals surface area contributed by atoms with Gasteiger partial charge < -0.3 is 14.2 Å². The summed E-state index contributed by atoms with van der Waals surface area (Å²) in [5.41, 5.74) is 0.777. The van der Waals surface area contributed by atoms with Crippen molar-refractivity contribution in [1.82, 2.24) is 0 Å². The average Bonchev–Trinajstić information content (AvgIpc) is 2.80. The van der Waals surface area contributed by atoms with Crippen LogP contribution < -0.4 is 4.74 Å². The van der Waals surface area contributed by atoms with Crippen molar-refractivity contribution < 1.29 is 28.6 Å². The number of fused-ring (bicyclic) bond motifs is 1. The summed E-state index contributed by atoms with van der Waals surface area (Å²) in [5.74, 6) is -3.74. The van der Waals surface area contributed by atoms with E-state index in [4.69, 9.17) is 25.8 Å². The molecule has 1 aliphatic rings. The summed E-state index contributed by atoms with van der Waals surface area (Å²) in [6, 6.07) is 10.9. The molecule has 1 unspecified atom stereocenters. The highest BCUT2D eigenvalue weighted by Crippen LogP contribution is 2.46. The molecule has 2 aromatic carbocycles. The lowest BCUT2D eigenvalue weighted by atomic mass is 9.94. The Bertz CT molecular complexity index is 887. The Morgan fingerprint density at radius 1 is 1.04 bits per heavy atom. The standard InChI is InChI=1S/C18H13ClO6/c1-10(20)23-16-9-12(19)7-8-15(16)18(24-11(2)21)14-6-4-3-5-13(14)17(22)25-18/h3-9H,1-2H3. The third kappa shape index (κ3) is 2.96. The summed E-state index contributed by atoms with van der Waals surface area (Å²) in [6.45, 7) is 2.41. The van der Waals surface area contributed by atoms with E-state index in [-0.39, 0.29) is 16.9 Å². The van der Waals surface area contributed by atoms with Gasteiger partial charge in [-0.15, -0.1) is 0 Å². The van der Waals surface area contributed by atoms with Gasteiger partial charge in [0.15, 0.2) is 0 Å². The van der Waals surface area contributed by atoms with Crippen LogP contribution in [-0.4, -0.2) is 17.9 Å². The zero-order chi connectivity index (χ0) is 18.2. The summed E-state index contributed by atoms with van der Waals surface area (Å²) >= 11 is 5.98. The highest BCUT2D eigenvalue weighted by Gasteiger charge is 2.52. The van der Waals surface area contributed by atoms with E-state index in [9.17, 15) is 14.4 Å². The number of benzene rings is 2. The summed E-state index contributed by atoms with van der Waals surface area (Å²) in [4.78, 5) is 35.5. The molecule has 0 bridgehead atoms. The molecule has 1 heterocycles. The topological polar surface area (TPSA) is 78.9 Å². The maximum absolute atomic E-state index is 12.3. The van der Waals surface area contributed by atoms with Gasteiger partial charge in [0.25, 0.3) is 0 Å². The summed E-state index contributed by atoms with van der Waals surface area (Å²) < 4.78 is 16.1. The van der Waals surface area contributed by atoms with Gasteiger partial charge >= 0.3 is 23.7 Å². The molecule has 6 nitrogen and oxygen atoms in total. The van der Waals surface area contributed by atoms with Crippen LogP contribution in [0.25, 0.3) is 0 Å². The van der Waals surface area contributed by atoms with Crippen LogP contribution in [0.1, 0.15) is 35.3 Å². The van der Waals surface area contributed by atoms with Crippen molar-refractivity contribution in [1.29, 1.82) is 0 Å². The van der Waals surface area contributed by atoms with Gasteiger partial charge in [-0.05, 0) is 24.3 Å². The molecule has 0 radical (unpaired) electrons. The lowest BCUT2D eigenvalue weighted by molar-refractivity contribution is -0.191. The van der Waals surface area contributed by atoms with E-state index in [2.05, 4.69) is 0 Å². The second kappa shape index (κ2) is 6.22. The van der Waals surface area contributed by atoms with Crippen molar-refractivity contribution in [2.45, 2.75) is 19.6 Å². The van der Waals surface area contributed by atoms with E-state index in [0.29, 0.717) is 10.6 Å². The Kier molecular flexibility index (Phi) is 4.22. The molecule has 7 heteroatoms. The first-order valence-corrected chi connectivity index (χ1v) is 7.72. The van der Waals surface area contributed by atoms with E-state index >= 15 is 0 Å². The first-order valence-electron chi connectivity index (χ1n) is 7.34. The summed E-state index contributed by atoms with van der Waals surface area (Å²) in [5, 5.41) is 0.301. The van der Waals surface area contributed by atoms with Gasteiger partial charge in [-0.1, -0.05) is 23.7 Å². The van der Waals surface area contributed by atoms with Crippen molar-refractivity contribution in [3.8, 4) is 5.75 Å². The average molecular weight is 361 g/mol. The Balaban J connectivity index is 2.28. The van der Waals surface area contributed by atoms with Crippen molar-refractivity contribution in [3.63, 3.8) is 0 Å². The molecule has 0 amide bonds. The van der Waals surface area contributed by atoms with Crippen LogP contribution in [0.4, 0.5) is 0 Å². The molecular weight excluding hydrogens is 348 g/mol. The van der Waals surface area contributed by atoms with Crippen molar-refractivity contribution >= 4 is 29.5 Å². The Morgan fingerprint density at radius 3 is 2.44 bits per heavy atom. The first-order chi connectivity index (χ1) is 11.8. The van der Waals surface area contributed by atoms with E-state index in [1.54, 1.807) is 24.3 Å². The van der Waals surface area contributed by atoms with Crippen LogP contribution in [0.5, 0.6) is 5.75 Å². The summed E-state index contributed by atoms with van der Waals surface area (Å²) in [7, 11) is 0. The van der Waals surface area contributed by atoms with Gasteiger partial charge in [0.1, 0.15) is 5.75 Å². The number of rotatable bonds is 3. The molecule has 0 N–H and O–H groups in total. The number of halogens is 1. The zero-order valence-electron chi connectivity index (χ0n) is 13.4. The van der Waals surface area contributed by atoms with E-state index < -0.39 is 23.7 Å². The van der Waals surface area contributed by atoms with Crippen LogP contribution >= 0.6 is 11.6 Å². The van der Waals surface area contributed by atoms with Crippen LogP contribution in [0.15, 0.2) is 42.5 Å². The van der Waals surface area contributed by atoms with Crippen LogP contribution in [0.2, 0.25) is 5.02 Å². The molecule has 128 valence electrons. The second-order valence-corrected chi connectivity index (χ2v) is 5.82. The molecule has 1 aliphatic heterocycles. The van der Waals surface area contributed by atoms with Gasteiger partial charge in [-0.2, -0.15) is 0 Å². The number of hydrogen-bond acceptors (Lipinski definition) is 6. The quantitative estimate of drug-likeness (QED) is 0.617. The number of cyclic esters (lactones) is 1. The maximum atomic E-state index is 12.3. The van der Waals surface area contributed by atoms with E-state index in [1.807, 2.05) is 0 Å². The Labute approximate surface area is 148 Å². The zero-order valence-corrected chi connectivity index (χ0v) is 14.1. The number of hydrogen-bond donors (Lipinski definition) is 0. The van der Waals surface area contributed by atoms with Crippen molar-refractivity contribution in [3.05, 3.63) is 64.2 Å². The summed E-state index contributed by atoms with van der Waals surface area (Å²) in [6.07, 6.45) is 0. The van der Waals surface area contributed by atoms with E-state index in [1.165, 1.54) is 32.0 Å². The molecule has 0 saturated heterocycles. The number of ether oxygens (including phenoxy) is 3. The molecule has 0 fully saturated rings. The predicted octanol–water partition coefficient (Wildman–Crippen LogP) is 3.20. The molecule has 1 atom stereocenters. The molecule has 0 saturated carbocycles. The minimum Gasteiger partial charge on any atom is -0.426 e. The highest BCUT2D eigenvalue weighted by atomic mass is 35.5. The fourth-order valence-electron chi connectivity index (χ4n) is 2.73. The van der Waals surface area contributed by atoms with Crippen molar-refractivity contribution in [2.75, 3.05) is 0 Å². The molecule has 25 heavy (non-hydrogen) atoms. The largest absolute Gasteiger partial charge is 0.426 e.